The number of anilines is 1. The van der Waals surface area contributed by atoms with Crippen LogP contribution in [0.5, 0.6) is 0 Å². The molecule has 0 bridgehead atoms. The highest BCUT2D eigenvalue weighted by Gasteiger charge is 2.17. The average molecular weight is 266 g/mol. The largest absolute Gasteiger partial charge is 0.397 e. The lowest BCUT2D eigenvalue weighted by atomic mass is 10.2. The van der Waals surface area contributed by atoms with Crippen LogP contribution in [0, 0.1) is 0 Å². The van der Waals surface area contributed by atoms with E-state index in [1.807, 2.05) is 0 Å². The SMILES string of the molecule is COCCNC(=O)C(C)NC(=O)c1ccncc1N. The lowest BCUT2D eigenvalue weighted by Gasteiger charge is -2.14. The Morgan fingerprint density at radius 2 is 2.26 bits per heavy atom. The van der Waals surface area contributed by atoms with E-state index in [1.54, 1.807) is 14.0 Å². The number of nitrogens with zero attached hydrogens (tertiary/aromatic N) is 1. The van der Waals surface area contributed by atoms with Gasteiger partial charge in [-0.1, -0.05) is 0 Å². The lowest BCUT2D eigenvalue weighted by Crippen LogP contribution is -2.45. The van der Waals surface area contributed by atoms with Gasteiger partial charge in [0.15, 0.2) is 0 Å². The van der Waals surface area contributed by atoms with E-state index in [2.05, 4.69) is 15.6 Å². The number of rotatable bonds is 6. The minimum absolute atomic E-state index is 0.270. The molecule has 0 aromatic carbocycles. The van der Waals surface area contributed by atoms with Crippen molar-refractivity contribution in [2.45, 2.75) is 13.0 Å². The van der Waals surface area contributed by atoms with Crippen LogP contribution in [0.15, 0.2) is 18.5 Å². The van der Waals surface area contributed by atoms with E-state index < -0.39 is 11.9 Å². The van der Waals surface area contributed by atoms with Gasteiger partial charge >= 0.3 is 0 Å². The summed E-state index contributed by atoms with van der Waals surface area (Å²) in [5.74, 6) is -0.688. The average Bonchev–Trinajstić information content (AvgIpc) is 2.39. The van der Waals surface area contributed by atoms with Crippen molar-refractivity contribution in [2.24, 2.45) is 0 Å². The predicted molar refractivity (Wildman–Crippen MR) is 70.5 cm³/mol. The van der Waals surface area contributed by atoms with Crippen LogP contribution in [-0.2, 0) is 9.53 Å². The Morgan fingerprint density at radius 1 is 1.53 bits per heavy atom. The summed E-state index contributed by atoms with van der Waals surface area (Å²) in [5.41, 5.74) is 6.20. The number of amides is 2. The highest BCUT2D eigenvalue weighted by atomic mass is 16.5. The first-order chi connectivity index (χ1) is 9.06. The van der Waals surface area contributed by atoms with E-state index >= 15 is 0 Å². The van der Waals surface area contributed by atoms with Crippen molar-refractivity contribution >= 4 is 17.5 Å². The Hall–Kier alpha value is -2.15. The first kappa shape index (κ1) is 14.9. The smallest absolute Gasteiger partial charge is 0.254 e. The molecule has 1 atom stereocenters. The fraction of sp³-hybridized carbons (Fsp3) is 0.417. The lowest BCUT2D eigenvalue weighted by molar-refractivity contribution is -0.122. The fourth-order valence-corrected chi connectivity index (χ4v) is 1.38. The number of pyridine rings is 1. The summed E-state index contributed by atoms with van der Waals surface area (Å²) < 4.78 is 4.81. The molecule has 1 unspecified atom stereocenters. The molecular weight excluding hydrogens is 248 g/mol. The quantitative estimate of drug-likeness (QED) is 0.604. The summed E-state index contributed by atoms with van der Waals surface area (Å²) in [6, 6.07) is 0.845. The van der Waals surface area contributed by atoms with Gasteiger partial charge in [0.1, 0.15) is 6.04 Å². The van der Waals surface area contributed by atoms with Gasteiger partial charge in [0.25, 0.3) is 5.91 Å². The Labute approximate surface area is 111 Å². The second-order valence-electron chi connectivity index (χ2n) is 3.94. The summed E-state index contributed by atoms with van der Waals surface area (Å²) in [7, 11) is 1.55. The van der Waals surface area contributed by atoms with Crippen LogP contribution < -0.4 is 16.4 Å². The predicted octanol–water partition coefficient (Wildman–Crippen LogP) is -0.455. The monoisotopic (exact) mass is 266 g/mol. The van der Waals surface area contributed by atoms with Crippen LogP contribution in [-0.4, -0.2) is 43.1 Å². The third-order valence-electron chi connectivity index (χ3n) is 2.44. The van der Waals surface area contributed by atoms with Crippen LogP contribution in [0.25, 0.3) is 0 Å². The Morgan fingerprint density at radius 3 is 2.89 bits per heavy atom. The van der Waals surface area contributed by atoms with Crippen molar-refractivity contribution in [1.29, 1.82) is 0 Å². The first-order valence-electron chi connectivity index (χ1n) is 5.83. The van der Waals surface area contributed by atoms with E-state index in [1.165, 1.54) is 18.5 Å². The molecule has 1 aromatic heterocycles. The molecule has 7 nitrogen and oxygen atoms in total. The number of aromatic nitrogens is 1. The van der Waals surface area contributed by atoms with Gasteiger partial charge in [-0.15, -0.1) is 0 Å². The molecule has 4 N–H and O–H groups in total. The fourth-order valence-electron chi connectivity index (χ4n) is 1.38. The maximum Gasteiger partial charge on any atom is 0.254 e. The second-order valence-corrected chi connectivity index (χ2v) is 3.94. The number of hydrogen-bond donors (Lipinski definition) is 3. The van der Waals surface area contributed by atoms with Crippen molar-refractivity contribution in [1.82, 2.24) is 15.6 Å². The number of ether oxygens (including phenoxy) is 1. The van der Waals surface area contributed by atoms with Crippen molar-refractivity contribution in [2.75, 3.05) is 26.0 Å². The van der Waals surface area contributed by atoms with Gasteiger partial charge in [-0.2, -0.15) is 0 Å². The molecule has 0 saturated carbocycles. The molecule has 1 heterocycles. The summed E-state index contributed by atoms with van der Waals surface area (Å²) in [6.07, 6.45) is 2.85. The van der Waals surface area contributed by atoms with E-state index in [0.717, 1.165) is 0 Å². The van der Waals surface area contributed by atoms with Gasteiger partial charge in [0.05, 0.1) is 24.1 Å². The van der Waals surface area contributed by atoms with Crippen molar-refractivity contribution in [3.63, 3.8) is 0 Å². The summed E-state index contributed by atoms with van der Waals surface area (Å²) in [6.45, 7) is 2.41. The van der Waals surface area contributed by atoms with Crippen LogP contribution in [0.4, 0.5) is 5.69 Å². The van der Waals surface area contributed by atoms with Gasteiger partial charge in [0, 0.05) is 19.9 Å². The highest BCUT2D eigenvalue weighted by molar-refractivity contribution is 6.01. The number of methoxy groups -OCH3 is 1. The molecule has 1 aromatic rings. The maximum absolute atomic E-state index is 11.9. The third kappa shape index (κ3) is 4.55. The van der Waals surface area contributed by atoms with Crippen LogP contribution in [0.1, 0.15) is 17.3 Å². The summed E-state index contributed by atoms with van der Waals surface area (Å²) >= 11 is 0. The molecule has 0 saturated heterocycles. The number of nitrogen functional groups attached to an aromatic ring is 1. The summed E-state index contributed by atoms with van der Waals surface area (Å²) in [4.78, 5) is 27.3. The molecule has 0 aliphatic heterocycles. The molecule has 104 valence electrons. The van der Waals surface area contributed by atoms with Crippen molar-refractivity contribution < 1.29 is 14.3 Å². The van der Waals surface area contributed by atoms with E-state index in [0.29, 0.717) is 18.7 Å². The molecule has 2 amide bonds. The molecule has 0 fully saturated rings. The zero-order valence-corrected chi connectivity index (χ0v) is 11.0. The molecule has 0 spiro atoms. The topological polar surface area (TPSA) is 106 Å². The Kier molecular flexibility index (Phi) is 5.74. The minimum atomic E-state index is -0.656. The normalized spacial score (nSPS) is 11.7. The Bertz CT molecular complexity index is 450. The number of nitrogens with one attached hydrogen (secondary N) is 2. The number of carbonyl (C=O) groups is 2. The second kappa shape index (κ2) is 7.32. The Balaban J connectivity index is 2.52. The highest BCUT2D eigenvalue weighted by Crippen LogP contribution is 2.08. The van der Waals surface area contributed by atoms with E-state index in [-0.39, 0.29) is 11.6 Å². The standard InChI is InChI=1S/C12H18N4O3/c1-8(11(17)15-5-6-19-2)16-12(18)9-3-4-14-7-10(9)13/h3-4,7-8H,5-6,13H2,1-2H3,(H,15,17)(H,16,18). The number of nitrogens with two attached hydrogens (primary N) is 1. The molecule has 7 heteroatoms. The van der Waals surface area contributed by atoms with Crippen molar-refractivity contribution in [3.05, 3.63) is 24.0 Å². The summed E-state index contributed by atoms with van der Waals surface area (Å²) in [5, 5.41) is 5.20. The molecule has 0 aliphatic carbocycles. The maximum atomic E-state index is 11.9. The molecule has 0 radical (unpaired) electrons. The van der Waals surface area contributed by atoms with Gasteiger partial charge in [0.2, 0.25) is 5.91 Å². The van der Waals surface area contributed by atoms with Gasteiger partial charge < -0.3 is 21.1 Å². The zero-order chi connectivity index (χ0) is 14.3. The van der Waals surface area contributed by atoms with Crippen LogP contribution in [0.2, 0.25) is 0 Å². The number of hydrogen-bond acceptors (Lipinski definition) is 5. The molecule has 0 aliphatic rings. The van der Waals surface area contributed by atoms with E-state index in [4.69, 9.17) is 10.5 Å². The van der Waals surface area contributed by atoms with Gasteiger partial charge in [-0.25, -0.2) is 0 Å². The molecular formula is C12H18N4O3. The van der Waals surface area contributed by atoms with E-state index in [9.17, 15) is 9.59 Å². The molecule has 1 rings (SSSR count). The molecule has 19 heavy (non-hydrogen) atoms. The first-order valence-corrected chi connectivity index (χ1v) is 5.83. The van der Waals surface area contributed by atoms with Gasteiger partial charge in [-0.05, 0) is 13.0 Å². The van der Waals surface area contributed by atoms with Crippen molar-refractivity contribution in [3.8, 4) is 0 Å². The number of carbonyl (C=O) groups excluding carboxylic acids is 2. The third-order valence-corrected chi connectivity index (χ3v) is 2.44. The van der Waals surface area contributed by atoms with Crippen LogP contribution in [0.3, 0.4) is 0 Å². The van der Waals surface area contributed by atoms with Gasteiger partial charge in [-0.3, -0.25) is 14.6 Å². The minimum Gasteiger partial charge on any atom is -0.397 e. The van der Waals surface area contributed by atoms with Crippen LogP contribution >= 0.6 is 0 Å². The zero-order valence-electron chi connectivity index (χ0n) is 11.0.